The molecule has 1 aliphatic carbocycles. The Hall–Kier alpha value is -2.58. The smallest absolute Gasteiger partial charge is 0.387 e. The van der Waals surface area contributed by atoms with Crippen LogP contribution in [0, 0.1) is 0 Å². The van der Waals surface area contributed by atoms with Crippen molar-refractivity contribution in [1.29, 1.82) is 0 Å². The summed E-state index contributed by atoms with van der Waals surface area (Å²) in [6.45, 7) is 0.475. The number of nitrogens with zero attached hydrogens (tertiary/aromatic N) is 2. The van der Waals surface area contributed by atoms with Gasteiger partial charge in [-0.3, -0.25) is 4.98 Å². The summed E-state index contributed by atoms with van der Waals surface area (Å²) < 4.78 is 36.3. The fourth-order valence-corrected chi connectivity index (χ4v) is 4.31. The molecule has 5 nitrogen and oxygen atoms in total. The molecule has 1 aromatic carbocycles. The van der Waals surface area contributed by atoms with Crippen LogP contribution in [-0.2, 0) is 12.0 Å². The zero-order valence-electron chi connectivity index (χ0n) is 17.3. The number of alkyl halides is 2. The molecule has 164 valence electrons. The van der Waals surface area contributed by atoms with Gasteiger partial charge in [0.2, 0.25) is 0 Å². The molecule has 2 heterocycles. The van der Waals surface area contributed by atoms with Crippen LogP contribution in [0.3, 0.4) is 0 Å². The highest BCUT2D eigenvalue weighted by molar-refractivity contribution is 7.11. The van der Waals surface area contributed by atoms with E-state index in [9.17, 15) is 13.9 Å². The summed E-state index contributed by atoms with van der Waals surface area (Å²) in [6, 6.07) is 8.96. The molecule has 0 saturated heterocycles. The van der Waals surface area contributed by atoms with Crippen molar-refractivity contribution in [3.63, 3.8) is 0 Å². The van der Waals surface area contributed by atoms with Crippen LogP contribution in [0.15, 0.2) is 48.9 Å². The number of halogens is 2. The van der Waals surface area contributed by atoms with Gasteiger partial charge in [-0.15, -0.1) is 11.3 Å². The molecular weight excluding hydrogens is 422 g/mol. The van der Waals surface area contributed by atoms with Crippen LogP contribution >= 0.6 is 11.3 Å². The van der Waals surface area contributed by atoms with Crippen LogP contribution < -0.4 is 9.47 Å². The summed E-state index contributed by atoms with van der Waals surface area (Å²) in [5.74, 6) is 0.246. The van der Waals surface area contributed by atoms with E-state index in [2.05, 4.69) is 14.7 Å². The minimum atomic E-state index is -2.92. The van der Waals surface area contributed by atoms with Crippen LogP contribution in [0.2, 0.25) is 0 Å². The van der Waals surface area contributed by atoms with Crippen LogP contribution in [0.25, 0.3) is 0 Å². The van der Waals surface area contributed by atoms with Gasteiger partial charge in [0.1, 0.15) is 10.6 Å². The second-order valence-electron chi connectivity index (χ2n) is 8.15. The maximum Gasteiger partial charge on any atom is 0.387 e. The van der Waals surface area contributed by atoms with Gasteiger partial charge in [-0.05, 0) is 62.4 Å². The molecule has 0 bridgehead atoms. The molecule has 0 spiro atoms. The fourth-order valence-electron chi connectivity index (χ4n) is 3.26. The molecule has 1 atom stereocenters. The Bertz CT molecular complexity index is 1020. The molecule has 3 aromatic rings. The SMILES string of the molecule is CC(C)(O)c1ncc(C(Cc2cccnc2)c2ccc(OC(F)F)c(OC3CC3)c2)s1. The lowest BCUT2D eigenvalue weighted by molar-refractivity contribution is -0.0516. The van der Waals surface area contributed by atoms with E-state index in [0.717, 1.165) is 28.8 Å². The molecule has 4 rings (SSSR count). The highest BCUT2D eigenvalue weighted by Crippen LogP contribution is 2.40. The van der Waals surface area contributed by atoms with Crippen LogP contribution in [-0.4, -0.2) is 27.8 Å². The average molecular weight is 447 g/mol. The maximum atomic E-state index is 12.9. The van der Waals surface area contributed by atoms with E-state index in [1.54, 1.807) is 44.6 Å². The first-order valence-electron chi connectivity index (χ1n) is 10.1. The zero-order chi connectivity index (χ0) is 22.0. The number of rotatable bonds is 9. The van der Waals surface area contributed by atoms with Gasteiger partial charge in [0.15, 0.2) is 11.5 Å². The zero-order valence-corrected chi connectivity index (χ0v) is 18.1. The molecule has 0 amide bonds. The van der Waals surface area contributed by atoms with Crippen molar-refractivity contribution in [3.05, 3.63) is 69.9 Å². The summed E-state index contributed by atoms with van der Waals surface area (Å²) >= 11 is 1.44. The highest BCUT2D eigenvalue weighted by atomic mass is 32.1. The third-order valence-electron chi connectivity index (χ3n) is 4.96. The van der Waals surface area contributed by atoms with Crippen molar-refractivity contribution in [2.45, 2.75) is 57.3 Å². The summed E-state index contributed by atoms with van der Waals surface area (Å²) in [6.07, 6.45) is 7.78. The number of benzene rings is 1. The van der Waals surface area contributed by atoms with Crippen molar-refractivity contribution in [2.24, 2.45) is 0 Å². The Morgan fingerprint density at radius 3 is 2.61 bits per heavy atom. The van der Waals surface area contributed by atoms with E-state index >= 15 is 0 Å². The summed E-state index contributed by atoms with van der Waals surface area (Å²) in [5.41, 5.74) is 0.882. The molecule has 1 fully saturated rings. The van der Waals surface area contributed by atoms with Crippen molar-refractivity contribution >= 4 is 11.3 Å². The van der Waals surface area contributed by atoms with E-state index in [1.807, 2.05) is 12.1 Å². The van der Waals surface area contributed by atoms with Crippen LogP contribution in [0.1, 0.15) is 53.6 Å². The molecule has 31 heavy (non-hydrogen) atoms. The van der Waals surface area contributed by atoms with E-state index < -0.39 is 12.2 Å². The van der Waals surface area contributed by atoms with Gasteiger partial charge < -0.3 is 14.6 Å². The number of ether oxygens (including phenoxy) is 2. The highest BCUT2D eigenvalue weighted by Gasteiger charge is 2.28. The maximum absolute atomic E-state index is 12.9. The van der Waals surface area contributed by atoms with Crippen molar-refractivity contribution < 1.29 is 23.4 Å². The number of hydrogen-bond acceptors (Lipinski definition) is 6. The van der Waals surface area contributed by atoms with Crippen molar-refractivity contribution in [2.75, 3.05) is 0 Å². The molecule has 0 radical (unpaired) electrons. The molecule has 1 saturated carbocycles. The Kier molecular flexibility index (Phi) is 6.20. The molecule has 0 aliphatic heterocycles. The standard InChI is InChI=1S/C23H24F2N2O3S/c1-23(2,28)21-27-13-20(31-21)17(10-14-4-3-9-26-12-14)15-5-8-18(30-22(24)25)19(11-15)29-16-6-7-16/h3-5,8-9,11-13,16-17,22,28H,6-7,10H2,1-2H3. The number of aliphatic hydroxyl groups is 1. The monoisotopic (exact) mass is 446 g/mol. The van der Waals surface area contributed by atoms with Crippen LogP contribution in [0.5, 0.6) is 11.5 Å². The minimum Gasteiger partial charge on any atom is -0.487 e. The van der Waals surface area contributed by atoms with E-state index in [-0.39, 0.29) is 17.8 Å². The molecular formula is C23H24F2N2O3S. The summed E-state index contributed by atoms with van der Waals surface area (Å²) in [5, 5.41) is 11.0. The van der Waals surface area contributed by atoms with Gasteiger partial charge in [-0.25, -0.2) is 4.98 Å². The Morgan fingerprint density at radius 1 is 1.19 bits per heavy atom. The minimum absolute atomic E-state index is 0.0345. The van der Waals surface area contributed by atoms with Gasteiger partial charge in [0.25, 0.3) is 0 Å². The second-order valence-corrected chi connectivity index (χ2v) is 9.21. The molecule has 2 aromatic heterocycles. The third kappa shape index (κ3) is 5.57. The summed E-state index contributed by atoms with van der Waals surface area (Å²) in [7, 11) is 0. The van der Waals surface area contributed by atoms with Gasteiger partial charge >= 0.3 is 6.61 Å². The van der Waals surface area contributed by atoms with Gasteiger partial charge in [0.05, 0.1) is 6.10 Å². The van der Waals surface area contributed by atoms with Gasteiger partial charge in [0, 0.05) is 29.4 Å². The van der Waals surface area contributed by atoms with Crippen LogP contribution in [0.4, 0.5) is 8.78 Å². The first-order valence-corrected chi connectivity index (χ1v) is 10.9. The van der Waals surface area contributed by atoms with E-state index in [1.165, 1.54) is 17.4 Å². The second kappa shape index (κ2) is 8.88. The Morgan fingerprint density at radius 2 is 2.00 bits per heavy atom. The quantitative estimate of drug-likeness (QED) is 0.484. The van der Waals surface area contributed by atoms with E-state index in [0.29, 0.717) is 17.2 Å². The van der Waals surface area contributed by atoms with Gasteiger partial charge in [-0.2, -0.15) is 8.78 Å². The van der Waals surface area contributed by atoms with Crippen molar-refractivity contribution in [1.82, 2.24) is 9.97 Å². The molecule has 1 N–H and O–H groups in total. The summed E-state index contributed by atoms with van der Waals surface area (Å²) in [4.78, 5) is 9.57. The first-order chi connectivity index (χ1) is 14.8. The molecule has 1 unspecified atom stereocenters. The normalized spacial score (nSPS) is 15.2. The predicted molar refractivity (Wildman–Crippen MR) is 114 cm³/mol. The van der Waals surface area contributed by atoms with E-state index in [4.69, 9.17) is 4.74 Å². The fraction of sp³-hybridized carbons (Fsp3) is 0.391. The lowest BCUT2D eigenvalue weighted by Gasteiger charge is -2.19. The number of thiazole rings is 1. The Balaban J connectivity index is 1.72. The van der Waals surface area contributed by atoms with Gasteiger partial charge in [-0.1, -0.05) is 12.1 Å². The van der Waals surface area contributed by atoms with Crippen molar-refractivity contribution in [3.8, 4) is 11.5 Å². The first kappa shape index (κ1) is 21.6. The Labute approximate surface area is 183 Å². The number of pyridine rings is 1. The molecule has 8 heteroatoms. The third-order valence-corrected chi connectivity index (χ3v) is 6.38. The molecule has 1 aliphatic rings. The lowest BCUT2D eigenvalue weighted by Crippen LogP contribution is -2.14. The lowest BCUT2D eigenvalue weighted by atomic mass is 9.91. The topological polar surface area (TPSA) is 64.5 Å². The number of aromatic nitrogens is 2. The largest absolute Gasteiger partial charge is 0.487 e. The average Bonchev–Trinajstić information content (AvgIpc) is 3.38. The predicted octanol–water partition coefficient (Wildman–Crippen LogP) is 5.28. The number of hydrogen-bond donors (Lipinski definition) is 1.